The second-order valence-electron chi connectivity index (χ2n) is 3.74. The molecule has 18 heavy (non-hydrogen) atoms. The topological polar surface area (TPSA) is 63.6 Å². The van der Waals surface area contributed by atoms with E-state index in [2.05, 4.69) is 15.3 Å². The molecule has 1 aromatic carbocycles. The van der Waals surface area contributed by atoms with Crippen LogP contribution in [0.1, 0.15) is 5.56 Å². The number of aromatic nitrogens is 1. The molecule has 0 saturated carbocycles. The van der Waals surface area contributed by atoms with Crippen molar-refractivity contribution in [1.29, 1.82) is 0 Å². The van der Waals surface area contributed by atoms with Crippen molar-refractivity contribution in [3.8, 4) is 11.1 Å². The summed E-state index contributed by atoms with van der Waals surface area (Å²) >= 11 is 0. The van der Waals surface area contributed by atoms with Gasteiger partial charge < -0.3 is 5.84 Å². The third kappa shape index (κ3) is 2.37. The Morgan fingerprint density at radius 3 is 2.72 bits per heavy atom. The van der Waals surface area contributed by atoms with E-state index in [-0.39, 0.29) is 5.82 Å². The van der Waals surface area contributed by atoms with E-state index < -0.39 is 0 Å². The molecule has 90 valence electrons. The smallest absolute Gasteiger partial charge is 0.176 e. The first kappa shape index (κ1) is 12.2. The van der Waals surface area contributed by atoms with Crippen molar-refractivity contribution >= 4 is 13.7 Å². The second kappa shape index (κ2) is 5.40. The van der Waals surface area contributed by atoms with Gasteiger partial charge in [0.2, 0.25) is 0 Å². The van der Waals surface area contributed by atoms with E-state index in [0.29, 0.717) is 17.7 Å². The summed E-state index contributed by atoms with van der Waals surface area (Å²) in [5.41, 5.74) is 2.39. The lowest BCUT2D eigenvalue weighted by Crippen LogP contribution is -1.94. The minimum atomic E-state index is -0.194. The average molecular weight is 242 g/mol. The van der Waals surface area contributed by atoms with Crippen LogP contribution in [0, 0.1) is 5.82 Å². The zero-order chi connectivity index (χ0) is 13.0. The zero-order valence-corrected chi connectivity index (χ0v) is 9.97. The molecule has 0 aliphatic carbocycles. The predicted octanol–water partition coefficient (Wildman–Crippen LogP) is 1.98. The van der Waals surface area contributed by atoms with Gasteiger partial charge in [-0.1, -0.05) is 23.7 Å². The lowest BCUT2D eigenvalue weighted by atomic mass is 9.90. The van der Waals surface area contributed by atoms with Gasteiger partial charge in [0.15, 0.2) is 5.82 Å². The number of nitrogens with zero attached hydrogens (tertiary/aromatic N) is 3. The van der Waals surface area contributed by atoms with Crippen LogP contribution in [0.4, 0.5) is 10.2 Å². The Hall–Kier alpha value is -2.24. The molecule has 1 aromatic heterocycles. The van der Waals surface area contributed by atoms with E-state index in [0.717, 1.165) is 11.1 Å². The molecule has 0 unspecified atom stereocenters. The van der Waals surface area contributed by atoms with Crippen LogP contribution in [-0.4, -0.2) is 12.8 Å². The molecule has 4 nitrogen and oxygen atoms in total. The lowest BCUT2D eigenvalue weighted by Gasteiger charge is -2.08. The maximum Gasteiger partial charge on any atom is 0.176 e. The highest BCUT2D eigenvalue weighted by molar-refractivity contribution is 6.09. The van der Waals surface area contributed by atoms with Crippen LogP contribution < -0.4 is 5.84 Å². The molecule has 0 bridgehead atoms. The summed E-state index contributed by atoms with van der Waals surface area (Å²) < 4.78 is 13.7. The van der Waals surface area contributed by atoms with Gasteiger partial charge in [-0.05, 0) is 29.3 Å². The Morgan fingerprint density at radius 2 is 2.11 bits per heavy atom. The molecule has 0 atom stereocenters. The third-order valence-corrected chi connectivity index (χ3v) is 2.69. The minimum absolute atomic E-state index is 0.194. The summed E-state index contributed by atoms with van der Waals surface area (Å²) in [4.78, 5) is 4.09. The fraction of sp³-hybridized carbons (Fsp3) is 0.0833. The van der Waals surface area contributed by atoms with E-state index in [1.165, 1.54) is 6.07 Å². The molecule has 0 amide bonds. The van der Waals surface area contributed by atoms with Crippen molar-refractivity contribution < 1.29 is 4.39 Å². The standard InChI is InChI=1S/C12H12BFN4/c13-6-10-9(2-1-3-11(10)14)8-4-5-12(16-7-8)17-18-15/h1-5,7H,6,13H2,(H2,15,16,17). The summed E-state index contributed by atoms with van der Waals surface area (Å²) in [5, 5.41) is 6.78. The largest absolute Gasteiger partial charge is 0.305 e. The van der Waals surface area contributed by atoms with E-state index in [9.17, 15) is 4.39 Å². The van der Waals surface area contributed by atoms with Gasteiger partial charge in [0.05, 0.1) is 0 Å². The van der Waals surface area contributed by atoms with Crippen molar-refractivity contribution in [2.75, 3.05) is 0 Å². The predicted molar refractivity (Wildman–Crippen MR) is 70.6 cm³/mol. The molecular formula is C12H12BFN4. The first-order chi connectivity index (χ1) is 8.76. The normalized spacial score (nSPS) is 10.9. The van der Waals surface area contributed by atoms with Gasteiger partial charge in [0, 0.05) is 11.8 Å². The van der Waals surface area contributed by atoms with Gasteiger partial charge in [-0.3, -0.25) is 0 Å². The van der Waals surface area contributed by atoms with E-state index >= 15 is 0 Å². The Kier molecular flexibility index (Phi) is 3.67. The summed E-state index contributed by atoms with van der Waals surface area (Å²) in [7, 11) is 1.92. The van der Waals surface area contributed by atoms with Gasteiger partial charge in [-0.2, -0.15) is 0 Å². The van der Waals surface area contributed by atoms with Crippen LogP contribution in [0.25, 0.3) is 11.1 Å². The average Bonchev–Trinajstić information content (AvgIpc) is 2.40. The van der Waals surface area contributed by atoms with Crippen molar-refractivity contribution in [3.05, 3.63) is 47.9 Å². The number of hydrogen-bond donors (Lipinski definition) is 1. The Bertz CT molecular complexity index is 569. The number of rotatable bonds is 3. The minimum Gasteiger partial charge on any atom is -0.305 e. The Labute approximate surface area is 105 Å². The monoisotopic (exact) mass is 242 g/mol. The number of nitrogens with two attached hydrogens (primary N) is 1. The maximum absolute atomic E-state index is 13.7. The van der Waals surface area contributed by atoms with E-state index in [1.807, 2.05) is 20.0 Å². The van der Waals surface area contributed by atoms with Gasteiger partial charge in [0.25, 0.3) is 0 Å². The molecule has 6 heteroatoms. The van der Waals surface area contributed by atoms with Crippen molar-refractivity contribution in [2.24, 2.45) is 16.2 Å². The van der Waals surface area contributed by atoms with Crippen LogP contribution in [0.5, 0.6) is 0 Å². The molecule has 0 aliphatic heterocycles. The third-order valence-electron chi connectivity index (χ3n) is 2.69. The van der Waals surface area contributed by atoms with Gasteiger partial charge in [-0.15, -0.1) is 5.11 Å². The first-order valence-corrected chi connectivity index (χ1v) is 5.61. The maximum atomic E-state index is 13.7. The number of pyridine rings is 1. The highest BCUT2D eigenvalue weighted by atomic mass is 19.1. The molecule has 0 saturated heterocycles. The van der Waals surface area contributed by atoms with Gasteiger partial charge in [0.1, 0.15) is 13.7 Å². The van der Waals surface area contributed by atoms with Crippen molar-refractivity contribution in [2.45, 2.75) is 6.32 Å². The summed E-state index contributed by atoms with van der Waals surface area (Å²) in [5.74, 6) is 5.18. The van der Waals surface area contributed by atoms with E-state index in [1.54, 1.807) is 18.3 Å². The molecule has 1 heterocycles. The summed E-state index contributed by atoms with van der Waals surface area (Å²) in [6, 6.07) is 8.55. The number of benzene rings is 1. The summed E-state index contributed by atoms with van der Waals surface area (Å²) in [6.45, 7) is 0. The molecular weight excluding hydrogens is 230 g/mol. The Morgan fingerprint density at radius 1 is 1.28 bits per heavy atom. The molecule has 2 N–H and O–H groups in total. The highest BCUT2D eigenvalue weighted by Gasteiger charge is 2.08. The SMILES string of the molecule is BCc1c(F)cccc1-c1ccc(N=NN)nc1. The van der Waals surface area contributed by atoms with Crippen LogP contribution >= 0.6 is 0 Å². The Balaban J connectivity index is 2.45. The van der Waals surface area contributed by atoms with Crippen LogP contribution in [0.15, 0.2) is 46.9 Å². The van der Waals surface area contributed by atoms with Crippen molar-refractivity contribution in [3.63, 3.8) is 0 Å². The molecule has 2 aromatic rings. The first-order valence-electron chi connectivity index (χ1n) is 5.61. The number of hydrogen-bond acceptors (Lipinski definition) is 3. The molecule has 2 rings (SSSR count). The van der Waals surface area contributed by atoms with Gasteiger partial charge >= 0.3 is 0 Å². The van der Waals surface area contributed by atoms with Crippen LogP contribution in [-0.2, 0) is 6.32 Å². The zero-order valence-electron chi connectivity index (χ0n) is 9.97. The fourth-order valence-electron chi connectivity index (χ4n) is 1.85. The fourth-order valence-corrected chi connectivity index (χ4v) is 1.85. The lowest BCUT2D eigenvalue weighted by molar-refractivity contribution is 0.617. The van der Waals surface area contributed by atoms with Gasteiger partial charge in [-0.25, -0.2) is 9.37 Å². The second-order valence-corrected chi connectivity index (χ2v) is 3.74. The van der Waals surface area contributed by atoms with Crippen LogP contribution in [0.3, 0.4) is 0 Å². The highest BCUT2D eigenvalue weighted by Crippen LogP contribution is 2.26. The molecule has 0 radical (unpaired) electrons. The van der Waals surface area contributed by atoms with Crippen LogP contribution in [0.2, 0.25) is 0 Å². The molecule has 0 fully saturated rings. The number of halogens is 1. The molecule has 0 spiro atoms. The van der Waals surface area contributed by atoms with Crippen molar-refractivity contribution in [1.82, 2.24) is 4.98 Å². The quantitative estimate of drug-likeness (QED) is 0.387. The molecule has 0 aliphatic rings. The van der Waals surface area contributed by atoms with E-state index in [4.69, 9.17) is 5.84 Å². The summed E-state index contributed by atoms with van der Waals surface area (Å²) in [6.07, 6.45) is 2.27.